The van der Waals surface area contributed by atoms with Crippen LogP contribution in [0.1, 0.15) is 69.4 Å². The molecule has 3 aromatic carbocycles. The topological polar surface area (TPSA) is 271 Å². The predicted molar refractivity (Wildman–Crippen MR) is 245 cm³/mol. The third-order valence-electron chi connectivity index (χ3n) is 11.0. The molecule has 2 N–H and O–H groups in total. The van der Waals surface area contributed by atoms with Crippen molar-refractivity contribution in [1.82, 2.24) is 10.6 Å². The lowest BCUT2D eigenvalue weighted by Crippen LogP contribution is -2.70. The second-order valence-corrected chi connectivity index (χ2v) is 16.6. The molecule has 0 spiro atoms. The van der Waals surface area contributed by atoms with E-state index < -0.39 is 141 Å². The zero-order chi connectivity index (χ0) is 52.4. The van der Waals surface area contributed by atoms with Crippen molar-refractivity contribution in [2.24, 2.45) is 0 Å². The first kappa shape index (κ1) is 56.1. The van der Waals surface area contributed by atoms with Crippen LogP contribution < -0.4 is 10.6 Å². The van der Waals surface area contributed by atoms with E-state index in [1.165, 1.54) is 19.1 Å². The van der Waals surface area contributed by atoms with Gasteiger partial charge >= 0.3 is 35.8 Å². The highest BCUT2D eigenvalue weighted by atomic mass is 16.8. The summed E-state index contributed by atoms with van der Waals surface area (Å²) in [6, 6.07) is 23.3. The van der Waals surface area contributed by atoms with E-state index in [0.717, 1.165) is 47.3 Å². The molecule has 2 aliphatic rings. The molecule has 0 aliphatic carbocycles. The van der Waals surface area contributed by atoms with Crippen LogP contribution in [0.4, 0.5) is 0 Å². The number of carbonyl (C=O) groups is 8. The zero-order valence-corrected chi connectivity index (χ0v) is 40.8. The molecule has 5 rings (SSSR count). The highest BCUT2D eigenvalue weighted by Crippen LogP contribution is 2.39. The first-order chi connectivity index (χ1) is 34.4. The molecule has 390 valence electrons. The SMILES string of the molecule is COC(=O)[C@@]1(OC[C@H]2O[C@@H](OCc3ccccc3)[C@H](NC(C)=O)[C@@H](OC(=O)c3ccccc3)[C@@H]2OCOCc2ccccc2)C[C@H](OC(C)=O)[C@@H](NC(C)=O)[C@@H]([C@H](OC(C)=O)[C@@H](COC(C)=O)OC(C)=O)O1. The Balaban J connectivity index is 1.64. The molecule has 2 fully saturated rings. The molecular formula is C50H60N2O20. The number of esters is 6. The van der Waals surface area contributed by atoms with Gasteiger partial charge in [-0.25, -0.2) is 9.59 Å². The molecule has 22 heteroatoms. The number of benzene rings is 3. The lowest BCUT2D eigenvalue weighted by Gasteiger charge is -2.49. The van der Waals surface area contributed by atoms with E-state index in [2.05, 4.69) is 10.6 Å². The number of methoxy groups -OCH3 is 1. The Morgan fingerprint density at radius 3 is 1.81 bits per heavy atom. The molecule has 22 nitrogen and oxygen atoms in total. The third kappa shape index (κ3) is 16.4. The summed E-state index contributed by atoms with van der Waals surface area (Å²) in [4.78, 5) is 104. The number of hydrogen-bond acceptors (Lipinski definition) is 20. The van der Waals surface area contributed by atoms with Crippen molar-refractivity contribution < 1.29 is 95.2 Å². The van der Waals surface area contributed by atoms with Crippen molar-refractivity contribution in [2.75, 3.05) is 27.1 Å². The molecule has 3 aromatic rings. The first-order valence-electron chi connectivity index (χ1n) is 22.8. The second kappa shape index (κ2) is 27.1. The maximum atomic E-state index is 14.4. The van der Waals surface area contributed by atoms with Gasteiger partial charge in [-0.2, -0.15) is 0 Å². The van der Waals surface area contributed by atoms with E-state index in [-0.39, 0.29) is 18.8 Å². The van der Waals surface area contributed by atoms with Crippen LogP contribution in [0.5, 0.6) is 0 Å². The monoisotopic (exact) mass is 1010 g/mol. The van der Waals surface area contributed by atoms with Crippen molar-refractivity contribution in [2.45, 2.75) is 128 Å². The Morgan fingerprint density at radius 2 is 1.25 bits per heavy atom. The summed E-state index contributed by atoms with van der Waals surface area (Å²) in [5, 5.41) is 5.39. The van der Waals surface area contributed by atoms with Crippen molar-refractivity contribution in [1.29, 1.82) is 0 Å². The minimum absolute atomic E-state index is 0.0744. The van der Waals surface area contributed by atoms with Crippen LogP contribution in [0.2, 0.25) is 0 Å². The number of hydrogen-bond donors (Lipinski definition) is 2. The average molecular weight is 1010 g/mol. The van der Waals surface area contributed by atoms with Gasteiger partial charge in [0, 0.05) is 41.5 Å². The summed E-state index contributed by atoms with van der Waals surface area (Å²) in [5.41, 5.74) is 1.62. The molecule has 2 aliphatic heterocycles. The van der Waals surface area contributed by atoms with Gasteiger partial charge in [-0.1, -0.05) is 78.9 Å². The Hall–Kier alpha value is -6.82. The second-order valence-electron chi connectivity index (χ2n) is 16.6. The van der Waals surface area contributed by atoms with Crippen molar-refractivity contribution in [3.05, 3.63) is 108 Å². The summed E-state index contributed by atoms with van der Waals surface area (Å²) in [5.74, 6) is -9.69. The van der Waals surface area contributed by atoms with Crippen LogP contribution in [-0.4, -0.2) is 142 Å². The van der Waals surface area contributed by atoms with E-state index in [1.54, 1.807) is 48.5 Å². The Kier molecular flexibility index (Phi) is 21.1. The fraction of sp³-hybridized carbons (Fsp3) is 0.480. The minimum atomic E-state index is -2.70. The molecule has 0 bridgehead atoms. The summed E-state index contributed by atoms with van der Waals surface area (Å²) in [7, 11) is 0.996. The quantitative estimate of drug-likeness (QED) is 0.0598. The molecule has 72 heavy (non-hydrogen) atoms. The van der Waals surface area contributed by atoms with E-state index in [9.17, 15) is 38.4 Å². The van der Waals surface area contributed by atoms with Gasteiger partial charge in [-0.05, 0) is 23.3 Å². The third-order valence-corrected chi connectivity index (χ3v) is 11.0. The summed E-state index contributed by atoms with van der Waals surface area (Å²) in [6.45, 7) is 4.56. The average Bonchev–Trinajstić information content (AvgIpc) is 3.34. The Bertz CT molecular complexity index is 2300. The van der Waals surface area contributed by atoms with Gasteiger partial charge in [0.05, 0.1) is 45.0 Å². The van der Waals surface area contributed by atoms with Crippen LogP contribution >= 0.6 is 0 Å². The van der Waals surface area contributed by atoms with E-state index >= 15 is 0 Å². The lowest BCUT2D eigenvalue weighted by molar-refractivity contribution is -0.337. The van der Waals surface area contributed by atoms with Gasteiger partial charge < -0.3 is 67.5 Å². The standard InChI is InChI=1S/C50H60N2O20/c1-29(53)51-41-38(67-32(4)56)23-50(49(60)61-7,72-46(41)44(69-34(6)58)39(68-33(5)57)26-63-31(3)55)66-27-40-43(65-28-62-24-35-17-11-8-12-18-35)45(71-47(59)37-21-15-10-16-22-37)42(52-30(2)54)48(70-40)64-25-36-19-13-9-14-20-36/h8-22,38-46,48H,23-28H2,1-7H3,(H,51,53)(H,52,54)/t38-,39+,40+,41+,42+,43+,44+,45+,46-,48+,50+/m0/s1. The normalized spacial score (nSPS) is 24.5. The van der Waals surface area contributed by atoms with Crippen molar-refractivity contribution >= 4 is 47.6 Å². The van der Waals surface area contributed by atoms with Gasteiger partial charge in [0.25, 0.3) is 5.79 Å². The number of nitrogens with one attached hydrogen (secondary N) is 2. The van der Waals surface area contributed by atoms with Gasteiger partial charge in [-0.15, -0.1) is 0 Å². The molecule has 0 radical (unpaired) electrons. The van der Waals surface area contributed by atoms with Crippen molar-refractivity contribution in [3.63, 3.8) is 0 Å². The van der Waals surface area contributed by atoms with Crippen LogP contribution in [0.15, 0.2) is 91.0 Å². The van der Waals surface area contributed by atoms with Crippen LogP contribution in [0.3, 0.4) is 0 Å². The molecule has 2 amide bonds. The summed E-state index contributed by atoms with van der Waals surface area (Å²) >= 11 is 0. The maximum Gasteiger partial charge on any atom is 0.366 e. The largest absolute Gasteiger partial charge is 0.465 e. The van der Waals surface area contributed by atoms with Crippen LogP contribution in [-0.2, 0) is 104 Å². The van der Waals surface area contributed by atoms with E-state index in [1.807, 2.05) is 30.3 Å². The lowest BCUT2D eigenvalue weighted by atomic mass is 9.87. The summed E-state index contributed by atoms with van der Waals surface area (Å²) < 4.78 is 71.7. The highest BCUT2D eigenvalue weighted by molar-refractivity contribution is 5.89. The van der Waals surface area contributed by atoms with Gasteiger partial charge in [-0.3, -0.25) is 28.8 Å². The number of rotatable bonds is 23. The molecular weight excluding hydrogens is 949 g/mol. The van der Waals surface area contributed by atoms with Gasteiger partial charge in [0.2, 0.25) is 11.8 Å². The van der Waals surface area contributed by atoms with Crippen molar-refractivity contribution in [3.8, 4) is 0 Å². The fourth-order valence-electron chi connectivity index (χ4n) is 8.05. The smallest absolute Gasteiger partial charge is 0.366 e. The zero-order valence-electron chi connectivity index (χ0n) is 40.8. The Morgan fingerprint density at radius 1 is 0.667 bits per heavy atom. The van der Waals surface area contributed by atoms with Crippen LogP contribution in [0, 0.1) is 0 Å². The molecule has 0 aromatic heterocycles. The molecule has 0 unspecified atom stereocenters. The molecule has 2 saturated heterocycles. The molecule has 2 heterocycles. The van der Waals surface area contributed by atoms with E-state index in [4.69, 9.17) is 56.8 Å². The van der Waals surface area contributed by atoms with Crippen LogP contribution in [0.25, 0.3) is 0 Å². The highest BCUT2D eigenvalue weighted by Gasteiger charge is 2.60. The first-order valence-corrected chi connectivity index (χ1v) is 22.8. The number of amides is 2. The predicted octanol–water partition coefficient (Wildman–Crippen LogP) is 2.76. The Labute approximate surface area is 415 Å². The van der Waals surface area contributed by atoms with Gasteiger partial charge in [0.15, 0.2) is 24.6 Å². The molecule has 11 atom stereocenters. The summed E-state index contributed by atoms with van der Waals surface area (Å²) in [6.07, 6.45) is -13.4. The maximum absolute atomic E-state index is 14.4. The van der Waals surface area contributed by atoms with Gasteiger partial charge in [0.1, 0.15) is 43.9 Å². The minimum Gasteiger partial charge on any atom is -0.465 e. The fourth-order valence-corrected chi connectivity index (χ4v) is 8.05. The number of ether oxygens (including phenoxy) is 12. The molecule has 0 saturated carbocycles. The number of carbonyl (C=O) groups excluding carboxylic acids is 8. The van der Waals surface area contributed by atoms with E-state index in [0.29, 0.717) is 5.56 Å².